The van der Waals surface area contributed by atoms with Crippen LogP contribution >= 0.6 is 0 Å². The highest BCUT2D eigenvalue weighted by Gasteiger charge is 2.29. The number of nitrogen functional groups attached to an aromatic ring is 1. The minimum Gasteiger partial charge on any atom is -0.489 e. The van der Waals surface area contributed by atoms with Crippen LogP contribution in [0.3, 0.4) is 0 Å². The number of nitrogens with one attached hydrogen (secondary N) is 1. The maximum Gasteiger partial charge on any atom is 0.144 e. The molecule has 0 aliphatic carbocycles. The zero-order valence-corrected chi connectivity index (χ0v) is 12.2. The molecule has 5 nitrogen and oxygen atoms in total. The third-order valence-electron chi connectivity index (χ3n) is 3.46. The number of benzene rings is 1. The fraction of sp³-hybridized carbons (Fsp3) is 0.600. The van der Waals surface area contributed by atoms with Crippen LogP contribution in [-0.4, -0.2) is 36.6 Å². The highest BCUT2D eigenvalue weighted by Crippen LogP contribution is 2.31. The molecule has 1 aliphatic rings. The number of nitrogens with two attached hydrogens (primary N) is 1. The van der Waals surface area contributed by atoms with Crippen molar-refractivity contribution in [2.45, 2.75) is 38.4 Å². The lowest BCUT2D eigenvalue weighted by Crippen LogP contribution is -2.42. The quantitative estimate of drug-likeness (QED) is 0.719. The number of aliphatic hydroxyl groups is 1. The minimum absolute atomic E-state index is 0.0761. The summed E-state index contributed by atoms with van der Waals surface area (Å²) in [6, 6.07) is 5.64. The largest absolute Gasteiger partial charge is 0.489 e. The SMILES string of the molecule is CC(C)Oc1cccc(NCC2(O)CCOCC2)c1N. The number of para-hydroxylation sites is 1. The molecule has 0 radical (unpaired) electrons. The molecular formula is C15H24N2O3. The molecule has 0 saturated carbocycles. The van der Waals surface area contributed by atoms with Gasteiger partial charge in [-0.15, -0.1) is 0 Å². The number of hydrogen-bond donors (Lipinski definition) is 3. The Morgan fingerprint density at radius 3 is 2.75 bits per heavy atom. The van der Waals surface area contributed by atoms with Crippen LogP contribution in [0, 0.1) is 0 Å². The molecule has 20 heavy (non-hydrogen) atoms. The molecule has 0 aromatic heterocycles. The molecule has 0 amide bonds. The second kappa shape index (κ2) is 6.33. The monoisotopic (exact) mass is 280 g/mol. The van der Waals surface area contributed by atoms with Crippen molar-refractivity contribution in [2.75, 3.05) is 30.8 Å². The molecule has 1 aromatic rings. The van der Waals surface area contributed by atoms with Gasteiger partial charge in [0.15, 0.2) is 0 Å². The van der Waals surface area contributed by atoms with Crippen LogP contribution in [0.5, 0.6) is 5.75 Å². The maximum atomic E-state index is 10.4. The van der Waals surface area contributed by atoms with Gasteiger partial charge in [-0.2, -0.15) is 0 Å². The molecular weight excluding hydrogens is 256 g/mol. The van der Waals surface area contributed by atoms with Crippen LogP contribution in [0.25, 0.3) is 0 Å². The molecule has 0 unspecified atom stereocenters. The van der Waals surface area contributed by atoms with Crippen molar-refractivity contribution in [3.05, 3.63) is 18.2 Å². The zero-order valence-electron chi connectivity index (χ0n) is 12.2. The second-order valence-corrected chi connectivity index (χ2v) is 5.57. The predicted octanol–water partition coefficient (Wildman–Crippen LogP) is 2.01. The molecule has 5 heteroatoms. The Labute approximate surface area is 120 Å². The van der Waals surface area contributed by atoms with E-state index >= 15 is 0 Å². The van der Waals surface area contributed by atoms with Gasteiger partial charge in [-0.3, -0.25) is 0 Å². The van der Waals surface area contributed by atoms with Crippen LogP contribution in [0.2, 0.25) is 0 Å². The molecule has 0 bridgehead atoms. The summed E-state index contributed by atoms with van der Waals surface area (Å²) in [5.41, 5.74) is 6.75. The van der Waals surface area contributed by atoms with Crippen LogP contribution in [-0.2, 0) is 4.74 Å². The number of rotatable bonds is 5. The summed E-state index contributed by atoms with van der Waals surface area (Å²) in [6.07, 6.45) is 1.36. The summed E-state index contributed by atoms with van der Waals surface area (Å²) in [7, 11) is 0. The third-order valence-corrected chi connectivity index (χ3v) is 3.46. The summed E-state index contributed by atoms with van der Waals surface area (Å²) in [5, 5.41) is 13.6. The fourth-order valence-corrected chi connectivity index (χ4v) is 2.24. The van der Waals surface area contributed by atoms with Gasteiger partial charge < -0.3 is 25.6 Å². The Kier molecular flexibility index (Phi) is 4.73. The Balaban J connectivity index is 2.02. The van der Waals surface area contributed by atoms with Crippen molar-refractivity contribution in [3.8, 4) is 5.75 Å². The second-order valence-electron chi connectivity index (χ2n) is 5.57. The van der Waals surface area contributed by atoms with Gasteiger partial charge in [0.25, 0.3) is 0 Å². The number of hydrogen-bond acceptors (Lipinski definition) is 5. The van der Waals surface area contributed by atoms with E-state index in [2.05, 4.69) is 5.32 Å². The van der Waals surface area contributed by atoms with Gasteiger partial charge in [0.1, 0.15) is 5.75 Å². The molecule has 0 atom stereocenters. The van der Waals surface area contributed by atoms with Gasteiger partial charge in [-0.05, 0) is 26.0 Å². The van der Waals surface area contributed by atoms with Crippen molar-refractivity contribution in [1.29, 1.82) is 0 Å². The summed E-state index contributed by atoms with van der Waals surface area (Å²) in [4.78, 5) is 0. The van der Waals surface area contributed by atoms with Gasteiger partial charge in [0.05, 0.1) is 23.1 Å². The maximum absolute atomic E-state index is 10.4. The molecule has 1 aromatic carbocycles. The normalized spacial score (nSPS) is 18.0. The molecule has 1 fully saturated rings. The van der Waals surface area contributed by atoms with Crippen molar-refractivity contribution in [1.82, 2.24) is 0 Å². The summed E-state index contributed by atoms with van der Waals surface area (Å²) < 4.78 is 10.9. The first-order chi connectivity index (χ1) is 9.50. The van der Waals surface area contributed by atoms with Crippen molar-refractivity contribution < 1.29 is 14.6 Å². The Morgan fingerprint density at radius 1 is 1.40 bits per heavy atom. The molecule has 1 heterocycles. The Hall–Kier alpha value is -1.46. The first-order valence-corrected chi connectivity index (χ1v) is 7.09. The van der Waals surface area contributed by atoms with E-state index in [9.17, 15) is 5.11 Å². The zero-order chi connectivity index (χ0) is 14.6. The third kappa shape index (κ3) is 3.77. The van der Waals surface area contributed by atoms with E-state index in [1.807, 2.05) is 32.0 Å². The van der Waals surface area contributed by atoms with Crippen LogP contribution in [0.4, 0.5) is 11.4 Å². The van der Waals surface area contributed by atoms with E-state index in [4.69, 9.17) is 15.2 Å². The number of ether oxygens (including phenoxy) is 2. The van der Waals surface area contributed by atoms with E-state index in [0.29, 0.717) is 44.0 Å². The molecule has 1 aliphatic heterocycles. The van der Waals surface area contributed by atoms with E-state index < -0.39 is 5.60 Å². The average Bonchev–Trinajstić information content (AvgIpc) is 2.40. The van der Waals surface area contributed by atoms with E-state index in [1.165, 1.54) is 0 Å². The van der Waals surface area contributed by atoms with Crippen LogP contribution in [0.15, 0.2) is 18.2 Å². The van der Waals surface area contributed by atoms with Crippen LogP contribution < -0.4 is 15.8 Å². The predicted molar refractivity (Wildman–Crippen MR) is 80.1 cm³/mol. The van der Waals surface area contributed by atoms with E-state index in [-0.39, 0.29) is 6.10 Å². The first-order valence-electron chi connectivity index (χ1n) is 7.09. The number of anilines is 2. The lowest BCUT2D eigenvalue weighted by atomic mass is 9.94. The molecule has 2 rings (SSSR count). The van der Waals surface area contributed by atoms with Gasteiger partial charge in [-0.1, -0.05) is 6.07 Å². The highest BCUT2D eigenvalue weighted by molar-refractivity contribution is 5.73. The van der Waals surface area contributed by atoms with Crippen molar-refractivity contribution >= 4 is 11.4 Å². The molecule has 4 N–H and O–H groups in total. The first kappa shape index (κ1) is 14.9. The van der Waals surface area contributed by atoms with E-state index in [0.717, 1.165) is 5.69 Å². The van der Waals surface area contributed by atoms with E-state index in [1.54, 1.807) is 0 Å². The topological polar surface area (TPSA) is 76.7 Å². The Bertz CT molecular complexity index is 443. The van der Waals surface area contributed by atoms with Gasteiger partial charge in [0, 0.05) is 32.6 Å². The molecule has 112 valence electrons. The summed E-state index contributed by atoms with van der Waals surface area (Å²) >= 11 is 0. The smallest absolute Gasteiger partial charge is 0.144 e. The van der Waals surface area contributed by atoms with Crippen LogP contribution in [0.1, 0.15) is 26.7 Å². The lowest BCUT2D eigenvalue weighted by Gasteiger charge is -2.32. The average molecular weight is 280 g/mol. The van der Waals surface area contributed by atoms with Crippen molar-refractivity contribution in [2.24, 2.45) is 0 Å². The standard InChI is InChI=1S/C15H24N2O3/c1-11(2)20-13-5-3-4-12(14(13)16)17-10-15(18)6-8-19-9-7-15/h3-5,11,17-18H,6-10,16H2,1-2H3. The highest BCUT2D eigenvalue weighted by atomic mass is 16.5. The summed E-state index contributed by atoms with van der Waals surface area (Å²) in [5.74, 6) is 0.670. The van der Waals surface area contributed by atoms with Crippen molar-refractivity contribution in [3.63, 3.8) is 0 Å². The fourth-order valence-electron chi connectivity index (χ4n) is 2.24. The lowest BCUT2D eigenvalue weighted by molar-refractivity contribution is -0.0543. The van der Waals surface area contributed by atoms with Gasteiger partial charge >= 0.3 is 0 Å². The molecule has 0 spiro atoms. The Morgan fingerprint density at radius 2 is 2.10 bits per heavy atom. The summed E-state index contributed by atoms with van der Waals surface area (Å²) in [6.45, 7) is 5.59. The van der Waals surface area contributed by atoms with Gasteiger partial charge in [0.2, 0.25) is 0 Å². The molecule has 1 saturated heterocycles. The van der Waals surface area contributed by atoms with Gasteiger partial charge in [-0.25, -0.2) is 0 Å². The minimum atomic E-state index is -0.723.